The van der Waals surface area contributed by atoms with E-state index in [0.717, 1.165) is 0 Å². The molecule has 1 fully saturated rings. The Kier molecular flexibility index (Phi) is 7.45. The average Bonchev–Trinajstić information content (AvgIpc) is 2.61. The molecule has 0 saturated heterocycles. The Morgan fingerprint density at radius 1 is 0.765 bits per heavy atom. The lowest BCUT2D eigenvalue weighted by Crippen LogP contribution is -2.04. The van der Waals surface area contributed by atoms with Gasteiger partial charge in [-0.2, -0.15) is 0 Å². The minimum Gasteiger partial charge on any atom is -0.299 e. The summed E-state index contributed by atoms with van der Waals surface area (Å²) in [6, 6.07) is 0. The minimum atomic E-state index is -0.532. The molecule has 4 heteroatoms. The fraction of sp³-hybridized carbons (Fsp3) is 0.769. The van der Waals surface area contributed by atoms with Crippen LogP contribution in [-0.4, -0.2) is 42.0 Å². The quantitative estimate of drug-likeness (QED) is 0.443. The third-order valence-electron chi connectivity index (χ3n) is 3.71. The van der Waals surface area contributed by atoms with Gasteiger partial charge in [0.1, 0.15) is 5.78 Å². The highest BCUT2D eigenvalue weighted by molar-refractivity contribution is 7.75. The van der Waals surface area contributed by atoms with Gasteiger partial charge in [-0.3, -0.25) is 14.4 Å². The molecule has 3 nitrogen and oxygen atoms in total. The summed E-state index contributed by atoms with van der Waals surface area (Å²) in [6.07, 6.45) is 5.48. The Morgan fingerprint density at radius 3 is 1.12 bits per heavy atom. The maximum atomic E-state index is 10.2. The molecule has 1 rings (SSSR count). The summed E-state index contributed by atoms with van der Waals surface area (Å²) in [4.78, 5) is 30.7. The van der Waals surface area contributed by atoms with Crippen LogP contribution < -0.4 is 0 Å². The van der Waals surface area contributed by atoms with E-state index in [4.69, 9.17) is 0 Å². The summed E-state index contributed by atoms with van der Waals surface area (Å²) in [7, 11) is -0.420. The van der Waals surface area contributed by atoms with Gasteiger partial charge >= 0.3 is 0 Å². The standard InChI is InChI=1S/C8H20P.C5H4O3/c1-5-9(6-2,7-3)8-4;6-3-1-4(7)5(8)2-3/h5-8H2,1-4H3;1-2H2/q+1;. The van der Waals surface area contributed by atoms with E-state index >= 15 is 0 Å². The zero-order chi connectivity index (χ0) is 13.5. The van der Waals surface area contributed by atoms with E-state index in [1.54, 1.807) is 0 Å². The van der Waals surface area contributed by atoms with Crippen molar-refractivity contribution in [2.45, 2.75) is 40.5 Å². The van der Waals surface area contributed by atoms with Gasteiger partial charge in [-0.05, 0) is 27.7 Å². The number of Topliss-reactive ketones (excluding diaryl/α,β-unsaturated/α-hetero) is 3. The van der Waals surface area contributed by atoms with Crippen LogP contribution in [0.4, 0.5) is 0 Å². The summed E-state index contributed by atoms with van der Waals surface area (Å²) < 4.78 is 0. The van der Waals surface area contributed by atoms with Crippen LogP contribution in [0.3, 0.4) is 0 Å². The predicted molar refractivity (Wildman–Crippen MR) is 73.3 cm³/mol. The molecule has 0 amide bonds. The molecule has 0 atom stereocenters. The van der Waals surface area contributed by atoms with Gasteiger partial charge in [0.25, 0.3) is 0 Å². The first-order chi connectivity index (χ1) is 7.94. The number of rotatable bonds is 4. The second-order valence-corrected chi connectivity index (χ2v) is 9.56. The normalized spacial score (nSPS) is 15.9. The van der Waals surface area contributed by atoms with Gasteiger partial charge in [0, 0.05) is 7.26 Å². The van der Waals surface area contributed by atoms with Gasteiger partial charge in [0.05, 0.1) is 37.5 Å². The topological polar surface area (TPSA) is 51.2 Å². The Bertz CT molecular complexity index is 258. The van der Waals surface area contributed by atoms with Crippen molar-refractivity contribution in [2.75, 3.05) is 24.6 Å². The zero-order valence-electron chi connectivity index (χ0n) is 11.4. The number of ketones is 3. The van der Waals surface area contributed by atoms with Gasteiger partial charge in [-0.1, -0.05) is 0 Å². The SMILES string of the molecule is CC[P+](CC)(CC)CC.O=C1CC(=O)C(=O)C1. The fourth-order valence-electron chi connectivity index (χ4n) is 1.96. The second-order valence-electron chi connectivity index (χ2n) is 4.35. The van der Waals surface area contributed by atoms with Crippen LogP contribution >= 0.6 is 7.26 Å². The summed E-state index contributed by atoms with van der Waals surface area (Å²) in [5.41, 5.74) is 0. The largest absolute Gasteiger partial charge is 0.299 e. The van der Waals surface area contributed by atoms with Crippen molar-refractivity contribution in [3.8, 4) is 0 Å². The number of hydrogen-bond donors (Lipinski definition) is 0. The second kappa shape index (κ2) is 7.71. The Labute approximate surface area is 105 Å². The number of carbonyl (C=O) groups excluding carboxylic acids is 3. The van der Waals surface area contributed by atoms with Gasteiger partial charge in [0.2, 0.25) is 11.6 Å². The van der Waals surface area contributed by atoms with Crippen LogP contribution in [-0.2, 0) is 14.4 Å². The summed E-state index contributed by atoms with van der Waals surface area (Å²) in [5.74, 6) is -1.31. The molecule has 0 N–H and O–H groups in total. The first-order valence-corrected chi connectivity index (χ1v) is 8.90. The van der Waals surface area contributed by atoms with Crippen molar-refractivity contribution >= 4 is 24.6 Å². The van der Waals surface area contributed by atoms with Gasteiger partial charge in [-0.15, -0.1) is 0 Å². The smallest absolute Gasteiger partial charge is 0.206 e. The molecule has 0 aromatic rings. The van der Waals surface area contributed by atoms with Crippen molar-refractivity contribution in [1.29, 1.82) is 0 Å². The lowest BCUT2D eigenvalue weighted by molar-refractivity contribution is -0.134. The molecule has 1 aliphatic carbocycles. The van der Waals surface area contributed by atoms with E-state index in [-0.39, 0.29) is 18.6 Å². The summed E-state index contributed by atoms with van der Waals surface area (Å²) >= 11 is 0. The van der Waals surface area contributed by atoms with Crippen LogP contribution in [0.25, 0.3) is 0 Å². The minimum absolute atomic E-state index is 0.168. The third kappa shape index (κ3) is 5.08. The van der Waals surface area contributed by atoms with Crippen molar-refractivity contribution in [1.82, 2.24) is 0 Å². The molecular formula is C13H24O3P+. The molecule has 1 aliphatic rings. The van der Waals surface area contributed by atoms with Crippen LogP contribution in [0.2, 0.25) is 0 Å². The van der Waals surface area contributed by atoms with E-state index in [1.807, 2.05) is 0 Å². The molecule has 1 saturated carbocycles. The highest BCUT2D eigenvalue weighted by atomic mass is 31.2. The molecule has 0 spiro atoms. The Hall–Kier alpha value is -0.560. The lowest BCUT2D eigenvalue weighted by atomic mass is 10.3. The molecule has 0 aromatic carbocycles. The van der Waals surface area contributed by atoms with E-state index in [2.05, 4.69) is 27.7 Å². The van der Waals surface area contributed by atoms with E-state index in [9.17, 15) is 14.4 Å². The van der Waals surface area contributed by atoms with Gasteiger partial charge in [-0.25, -0.2) is 0 Å². The lowest BCUT2D eigenvalue weighted by Gasteiger charge is -2.20. The monoisotopic (exact) mass is 259 g/mol. The first kappa shape index (κ1) is 16.4. The molecule has 0 unspecified atom stereocenters. The van der Waals surface area contributed by atoms with Crippen molar-refractivity contribution < 1.29 is 14.4 Å². The Morgan fingerprint density at radius 2 is 1.06 bits per heavy atom. The molecule has 0 aromatic heterocycles. The highest BCUT2D eigenvalue weighted by Gasteiger charge is 2.28. The maximum absolute atomic E-state index is 10.2. The van der Waals surface area contributed by atoms with Crippen LogP contribution in [0.1, 0.15) is 40.5 Å². The molecule has 0 heterocycles. The molecule has 98 valence electrons. The number of carbonyl (C=O) groups is 3. The zero-order valence-corrected chi connectivity index (χ0v) is 12.3. The van der Waals surface area contributed by atoms with Crippen molar-refractivity contribution in [3.05, 3.63) is 0 Å². The fourth-order valence-corrected chi connectivity index (χ4v) is 4.64. The average molecular weight is 259 g/mol. The van der Waals surface area contributed by atoms with Crippen LogP contribution in [0.5, 0.6) is 0 Å². The van der Waals surface area contributed by atoms with Crippen molar-refractivity contribution in [3.63, 3.8) is 0 Å². The maximum Gasteiger partial charge on any atom is 0.206 e. The molecule has 0 radical (unpaired) electrons. The van der Waals surface area contributed by atoms with Crippen LogP contribution in [0, 0.1) is 0 Å². The van der Waals surface area contributed by atoms with E-state index < -0.39 is 18.8 Å². The first-order valence-electron chi connectivity index (χ1n) is 6.37. The molecule has 0 bridgehead atoms. The predicted octanol–water partition coefficient (Wildman–Crippen LogP) is 2.57. The van der Waals surface area contributed by atoms with E-state index in [0.29, 0.717) is 0 Å². The summed E-state index contributed by atoms with van der Waals surface area (Å²) in [5, 5.41) is 0. The molecule has 0 aliphatic heterocycles. The number of hydrogen-bond acceptors (Lipinski definition) is 3. The highest BCUT2D eigenvalue weighted by Crippen LogP contribution is 2.57. The van der Waals surface area contributed by atoms with Crippen molar-refractivity contribution in [2.24, 2.45) is 0 Å². The summed E-state index contributed by atoms with van der Waals surface area (Å²) in [6.45, 7) is 9.41. The molecule has 17 heavy (non-hydrogen) atoms. The molecular weight excluding hydrogens is 235 g/mol. The Balaban J connectivity index is 0.000000302. The third-order valence-corrected chi connectivity index (χ3v) is 9.08. The van der Waals surface area contributed by atoms with Crippen LogP contribution in [0.15, 0.2) is 0 Å². The van der Waals surface area contributed by atoms with Gasteiger partial charge in [0.15, 0.2) is 0 Å². The van der Waals surface area contributed by atoms with Gasteiger partial charge < -0.3 is 0 Å². The van der Waals surface area contributed by atoms with E-state index in [1.165, 1.54) is 24.6 Å².